The van der Waals surface area contributed by atoms with Crippen LogP contribution in [0.25, 0.3) is 23.0 Å². The van der Waals surface area contributed by atoms with Crippen LogP contribution in [-0.4, -0.2) is 34.0 Å². The van der Waals surface area contributed by atoms with Crippen molar-refractivity contribution in [1.82, 2.24) is 20.0 Å². The summed E-state index contributed by atoms with van der Waals surface area (Å²) in [6.07, 6.45) is 1.89. The Morgan fingerprint density at radius 3 is 2.87 bits per heavy atom. The van der Waals surface area contributed by atoms with E-state index in [0.29, 0.717) is 46.9 Å². The van der Waals surface area contributed by atoms with E-state index >= 15 is 0 Å². The molecule has 9 heteroatoms. The van der Waals surface area contributed by atoms with Gasteiger partial charge in [0.15, 0.2) is 11.5 Å². The lowest BCUT2D eigenvalue weighted by molar-refractivity contribution is 0.0952. The minimum Gasteiger partial charge on any atom is -0.454 e. The van der Waals surface area contributed by atoms with Gasteiger partial charge in [0.1, 0.15) is 5.69 Å². The fourth-order valence-electron chi connectivity index (χ4n) is 3.31. The van der Waals surface area contributed by atoms with E-state index in [-0.39, 0.29) is 12.7 Å². The number of hydrogen-bond acceptors (Lipinski definition) is 6. The molecule has 8 nitrogen and oxygen atoms in total. The van der Waals surface area contributed by atoms with Gasteiger partial charge in [-0.3, -0.25) is 4.79 Å². The molecule has 0 bridgehead atoms. The third-order valence-corrected chi connectivity index (χ3v) is 5.19. The second-order valence-electron chi connectivity index (χ2n) is 6.81. The van der Waals surface area contributed by atoms with Gasteiger partial charge in [0.25, 0.3) is 11.8 Å². The summed E-state index contributed by atoms with van der Waals surface area (Å²) in [5, 5.41) is 7.38. The summed E-state index contributed by atoms with van der Waals surface area (Å²) >= 11 is 6.08. The van der Waals surface area contributed by atoms with Gasteiger partial charge in [-0.1, -0.05) is 28.9 Å². The SMILES string of the molecule is O=C(NCCn1cccc1-c1nc(-c2ccc3c(c2)OCO3)no1)c1ccccc1Cl. The minimum absolute atomic E-state index is 0.205. The number of hydrogen-bond donors (Lipinski definition) is 1. The number of ether oxygens (including phenoxy) is 2. The van der Waals surface area contributed by atoms with Crippen molar-refractivity contribution >= 4 is 17.5 Å². The number of nitrogens with zero attached hydrogens (tertiary/aromatic N) is 3. The first-order chi connectivity index (χ1) is 15.2. The normalized spacial score (nSPS) is 12.2. The fourth-order valence-corrected chi connectivity index (χ4v) is 3.54. The monoisotopic (exact) mass is 436 g/mol. The molecule has 0 aliphatic carbocycles. The first-order valence-electron chi connectivity index (χ1n) is 9.61. The predicted molar refractivity (Wildman–Crippen MR) is 113 cm³/mol. The van der Waals surface area contributed by atoms with Gasteiger partial charge in [-0.2, -0.15) is 4.98 Å². The zero-order chi connectivity index (χ0) is 21.2. The van der Waals surface area contributed by atoms with Crippen LogP contribution in [0.15, 0.2) is 65.3 Å². The molecule has 1 N–H and O–H groups in total. The molecule has 0 unspecified atom stereocenters. The smallest absolute Gasteiger partial charge is 0.274 e. The van der Waals surface area contributed by atoms with Crippen molar-refractivity contribution in [3.63, 3.8) is 0 Å². The van der Waals surface area contributed by atoms with Gasteiger partial charge < -0.3 is 23.9 Å². The van der Waals surface area contributed by atoms with Crippen molar-refractivity contribution in [2.45, 2.75) is 6.54 Å². The average molecular weight is 437 g/mol. The van der Waals surface area contributed by atoms with Crippen molar-refractivity contribution in [2.24, 2.45) is 0 Å². The topological polar surface area (TPSA) is 91.4 Å². The second-order valence-corrected chi connectivity index (χ2v) is 7.22. The quantitative estimate of drug-likeness (QED) is 0.491. The highest BCUT2D eigenvalue weighted by atomic mass is 35.5. The summed E-state index contributed by atoms with van der Waals surface area (Å²) in [5.41, 5.74) is 1.97. The van der Waals surface area contributed by atoms with E-state index < -0.39 is 0 Å². The van der Waals surface area contributed by atoms with Crippen LogP contribution in [-0.2, 0) is 6.54 Å². The maximum atomic E-state index is 12.3. The van der Waals surface area contributed by atoms with Crippen LogP contribution in [0, 0.1) is 0 Å². The van der Waals surface area contributed by atoms with Gasteiger partial charge in [0.05, 0.1) is 10.6 Å². The van der Waals surface area contributed by atoms with Crippen LogP contribution < -0.4 is 14.8 Å². The lowest BCUT2D eigenvalue weighted by atomic mass is 10.2. The predicted octanol–water partition coefficient (Wildman–Crippen LogP) is 4.02. The Labute approximate surface area is 182 Å². The number of halogens is 1. The van der Waals surface area contributed by atoms with E-state index in [4.69, 9.17) is 25.6 Å². The molecule has 2 aromatic heterocycles. The minimum atomic E-state index is -0.220. The standard InChI is InChI=1S/C22H17ClN4O4/c23-16-5-2-1-4-15(16)21(28)24-9-11-27-10-3-6-17(27)22-25-20(26-31-22)14-7-8-18-19(12-14)30-13-29-18/h1-8,10,12H,9,11,13H2,(H,24,28). The molecule has 3 heterocycles. The van der Waals surface area contributed by atoms with E-state index in [9.17, 15) is 4.79 Å². The molecule has 156 valence electrons. The van der Waals surface area contributed by atoms with Crippen LogP contribution in [0.4, 0.5) is 0 Å². The lowest BCUT2D eigenvalue weighted by Gasteiger charge is -2.09. The maximum absolute atomic E-state index is 12.3. The van der Waals surface area contributed by atoms with Gasteiger partial charge in [-0.25, -0.2) is 0 Å². The largest absolute Gasteiger partial charge is 0.454 e. The molecule has 0 radical (unpaired) electrons. The van der Waals surface area contributed by atoms with Gasteiger partial charge in [-0.15, -0.1) is 0 Å². The summed E-state index contributed by atoms with van der Waals surface area (Å²) < 4.78 is 18.1. The number of nitrogens with one attached hydrogen (secondary N) is 1. The highest BCUT2D eigenvalue weighted by Gasteiger charge is 2.18. The summed E-state index contributed by atoms with van der Waals surface area (Å²) in [6, 6.07) is 16.2. The third-order valence-electron chi connectivity index (χ3n) is 4.86. The molecule has 0 saturated carbocycles. The van der Waals surface area contributed by atoms with Crippen molar-refractivity contribution in [2.75, 3.05) is 13.3 Å². The Morgan fingerprint density at radius 2 is 1.97 bits per heavy atom. The number of fused-ring (bicyclic) bond motifs is 1. The van der Waals surface area contributed by atoms with E-state index in [0.717, 1.165) is 11.3 Å². The van der Waals surface area contributed by atoms with Crippen LogP contribution >= 0.6 is 11.6 Å². The molecular formula is C22H17ClN4O4. The molecule has 5 rings (SSSR count). The molecule has 4 aromatic rings. The highest BCUT2D eigenvalue weighted by Crippen LogP contribution is 2.35. The van der Waals surface area contributed by atoms with Crippen molar-refractivity contribution < 1.29 is 18.8 Å². The Hall–Kier alpha value is -3.78. The Morgan fingerprint density at radius 1 is 1.10 bits per heavy atom. The molecule has 0 atom stereocenters. The van der Waals surface area contributed by atoms with Crippen LogP contribution in [0.2, 0.25) is 5.02 Å². The fraction of sp³-hybridized carbons (Fsp3) is 0.136. The number of rotatable bonds is 6. The maximum Gasteiger partial charge on any atom is 0.274 e. The molecule has 1 aliphatic heterocycles. The van der Waals surface area contributed by atoms with Crippen molar-refractivity contribution in [1.29, 1.82) is 0 Å². The Kier molecular flexibility index (Phi) is 5.05. The molecule has 0 spiro atoms. The third kappa shape index (κ3) is 3.85. The Bertz CT molecular complexity index is 1250. The molecule has 0 fully saturated rings. The lowest BCUT2D eigenvalue weighted by Crippen LogP contribution is -2.27. The second kappa shape index (κ2) is 8.16. The summed E-state index contributed by atoms with van der Waals surface area (Å²) in [7, 11) is 0. The number of aromatic nitrogens is 3. The molecular weight excluding hydrogens is 420 g/mol. The van der Waals surface area contributed by atoms with E-state index in [1.807, 2.05) is 41.1 Å². The number of carbonyl (C=O) groups excluding carboxylic acids is 1. The highest BCUT2D eigenvalue weighted by molar-refractivity contribution is 6.33. The van der Waals surface area contributed by atoms with Crippen LogP contribution in [0.1, 0.15) is 10.4 Å². The number of amides is 1. The molecule has 31 heavy (non-hydrogen) atoms. The number of benzene rings is 2. The summed E-state index contributed by atoms with van der Waals surface area (Å²) in [4.78, 5) is 16.8. The van der Waals surface area contributed by atoms with Crippen molar-refractivity contribution in [3.05, 3.63) is 71.4 Å². The van der Waals surface area contributed by atoms with Gasteiger partial charge in [0.2, 0.25) is 12.6 Å². The molecule has 0 saturated heterocycles. The zero-order valence-electron chi connectivity index (χ0n) is 16.2. The van der Waals surface area contributed by atoms with E-state index in [2.05, 4.69) is 15.5 Å². The molecule has 1 aliphatic rings. The zero-order valence-corrected chi connectivity index (χ0v) is 17.0. The van der Waals surface area contributed by atoms with E-state index in [1.54, 1.807) is 24.3 Å². The first kappa shape index (κ1) is 19.2. The van der Waals surface area contributed by atoms with Crippen molar-refractivity contribution in [3.8, 4) is 34.5 Å². The van der Waals surface area contributed by atoms with Crippen LogP contribution in [0.3, 0.4) is 0 Å². The molecule has 1 amide bonds. The number of carbonyl (C=O) groups is 1. The van der Waals surface area contributed by atoms with Gasteiger partial charge in [0, 0.05) is 24.8 Å². The van der Waals surface area contributed by atoms with Crippen LogP contribution in [0.5, 0.6) is 11.5 Å². The van der Waals surface area contributed by atoms with E-state index in [1.165, 1.54) is 0 Å². The first-order valence-corrected chi connectivity index (χ1v) is 9.99. The summed E-state index contributed by atoms with van der Waals surface area (Å²) in [6.45, 7) is 1.14. The summed E-state index contributed by atoms with van der Waals surface area (Å²) in [5.74, 6) is 1.96. The van der Waals surface area contributed by atoms with Gasteiger partial charge in [-0.05, 0) is 42.5 Å². The van der Waals surface area contributed by atoms with Gasteiger partial charge >= 0.3 is 0 Å². The Balaban J connectivity index is 1.27. The molecule has 2 aromatic carbocycles. The average Bonchev–Trinajstić information content (AvgIpc) is 3.53.